The highest BCUT2D eigenvalue weighted by Crippen LogP contribution is 2.22. The maximum atomic E-state index is 11.9. The topological polar surface area (TPSA) is 131 Å². The largest absolute Gasteiger partial charge is 0.484 e. The average molecular weight is 459 g/mol. The zero-order valence-electron chi connectivity index (χ0n) is 18.5. The van der Waals surface area contributed by atoms with Gasteiger partial charge in [0.25, 0.3) is 11.8 Å². The summed E-state index contributed by atoms with van der Waals surface area (Å²) in [7, 11) is 1.26. The Morgan fingerprint density at radius 1 is 1.03 bits per heavy atom. The lowest BCUT2D eigenvalue weighted by Gasteiger charge is -2.08. The fraction of sp³-hybridized carbons (Fsp3) is 0.120. The van der Waals surface area contributed by atoms with E-state index in [1.54, 1.807) is 31.2 Å². The van der Waals surface area contributed by atoms with Crippen LogP contribution in [-0.2, 0) is 14.3 Å². The summed E-state index contributed by atoms with van der Waals surface area (Å²) in [5.74, 6) is -0.571. The predicted molar refractivity (Wildman–Crippen MR) is 122 cm³/mol. The third-order valence-electron chi connectivity index (χ3n) is 4.64. The van der Waals surface area contributed by atoms with E-state index in [1.165, 1.54) is 19.3 Å². The first-order chi connectivity index (χ1) is 16.4. The molecule has 0 saturated heterocycles. The number of benzene rings is 2. The summed E-state index contributed by atoms with van der Waals surface area (Å²) in [4.78, 5) is 35.4. The van der Waals surface area contributed by atoms with Crippen LogP contribution in [-0.4, -0.2) is 31.5 Å². The van der Waals surface area contributed by atoms with Gasteiger partial charge in [-0.2, -0.15) is 5.26 Å². The van der Waals surface area contributed by atoms with Gasteiger partial charge in [0, 0.05) is 6.08 Å². The van der Waals surface area contributed by atoms with E-state index in [-0.39, 0.29) is 17.9 Å². The molecule has 1 aromatic heterocycles. The van der Waals surface area contributed by atoms with Gasteiger partial charge in [0.2, 0.25) is 0 Å². The molecule has 9 nitrogen and oxygen atoms in total. The van der Waals surface area contributed by atoms with Crippen LogP contribution in [0, 0.1) is 18.3 Å². The van der Waals surface area contributed by atoms with Crippen LogP contribution in [0.15, 0.2) is 65.1 Å². The normalized spacial score (nSPS) is 10.4. The second kappa shape index (κ2) is 11.2. The minimum Gasteiger partial charge on any atom is -0.484 e. The fourth-order valence-electron chi connectivity index (χ4n) is 2.90. The molecule has 2 aromatic carbocycles. The third kappa shape index (κ3) is 6.34. The number of carbonyl (C=O) groups is 3. The van der Waals surface area contributed by atoms with Crippen LogP contribution in [0.3, 0.4) is 0 Å². The molecular formula is C25H21N3O6. The Kier molecular flexibility index (Phi) is 7.81. The van der Waals surface area contributed by atoms with Crippen LogP contribution in [0.2, 0.25) is 0 Å². The smallest absolute Gasteiger partial charge is 0.341 e. The standard InChI is InChI=1S/C25H21N3O6/c1-16-22(25(31)32-2)13-21(34-16)11-12-23(29)27-28-24(30)15-33-20-9-7-19(8-10-20)18-5-3-17(14-26)4-6-18/h3-13H,15H2,1-2H3,(H,27,29)(H,28,30)/b12-11+. The zero-order chi connectivity index (χ0) is 24.5. The van der Waals surface area contributed by atoms with E-state index >= 15 is 0 Å². The lowest BCUT2D eigenvalue weighted by molar-refractivity contribution is -0.128. The number of aryl methyl sites for hydroxylation is 1. The molecule has 0 aliphatic carbocycles. The van der Waals surface area contributed by atoms with Gasteiger partial charge in [-0.3, -0.25) is 20.4 Å². The van der Waals surface area contributed by atoms with Gasteiger partial charge >= 0.3 is 5.97 Å². The van der Waals surface area contributed by atoms with Gasteiger partial charge in [0.1, 0.15) is 22.8 Å². The van der Waals surface area contributed by atoms with Crippen LogP contribution >= 0.6 is 0 Å². The summed E-state index contributed by atoms with van der Waals surface area (Å²) in [6.07, 6.45) is 2.50. The molecular weight excluding hydrogens is 438 g/mol. The average Bonchev–Trinajstić information content (AvgIpc) is 3.25. The molecule has 0 radical (unpaired) electrons. The summed E-state index contributed by atoms with van der Waals surface area (Å²) in [6.45, 7) is 1.30. The number of amides is 2. The number of furan rings is 1. The summed E-state index contributed by atoms with van der Waals surface area (Å²) < 4.78 is 15.4. The lowest BCUT2D eigenvalue weighted by atomic mass is 10.0. The Labute approximate surface area is 195 Å². The third-order valence-corrected chi connectivity index (χ3v) is 4.64. The Balaban J connectivity index is 1.44. The highest BCUT2D eigenvalue weighted by Gasteiger charge is 2.14. The molecule has 34 heavy (non-hydrogen) atoms. The molecule has 0 saturated carbocycles. The second-order valence-electron chi connectivity index (χ2n) is 6.98. The van der Waals surface area contributed by atoms with Crippen molar-refractivity contribution in [3.05, 3.63) is 83.3 Å². The monoisotopic (exact) mass is 459 g/mol. The van der Waals surface area contributed by atoms with Crippen LogP contribution in [0.25, 0.3) is 17.2 Å². The zero-order valence-corrected chi connectivity index (χ0v) is 18.5. The van der Waals surface area contributed by atoms with Crippen LogP contribution in [0.1, 0.15) is 27.4 Å². The van der Waals surface area contributed by atoms with E-state index in [0.29, 0.717) is 17.1 Å². The number of nitriles is 1. The molecule has 0 unspecified atom stereocenters. The first kappa shape index (κ1) is 23.8. The van der Waals surface area contributed by atoms with Gasteiger partial charge in [0.15, 0.2) is 6.61 Å². The van der Waals surface area contributed by atoms with E-state index in [1.807, 2.05) is 24.3 Å². The maximum absolute atomic E-state index is 11.9. The van der Waals surface area contributed by atoms with Crippen molar-refractivity contribution in [1.29, 1.82) is 5.26 Å². The molecule has 1 heterocycles. The molecule has 3 aromatic rings. The Bertz CT molecular complexity index is 1250. The molecule has 0 spiro atoms. The van der Waals surface area contributed by atoms with Gasteiger partial charge in [0.05, 0.1) is 18.7 Å². The molecule has 9 heteroatoms. The molecule has 0 atom stereocenters. The fourth-order valence-corrected chi connectivity index (χ4v) is 2.90. The van der Waals surface area contributed by atoms with Crippen molar-refractivity contribution in [2.75, 3.05) is 13.7 Å². The molecule has 2 N–H and O–H groups in total. The Morgan fingerprint density at radius 3 is 2.29 bits per heavy atom. The number of carbonyl (C=O) groups excluding carboxylic acids is 3. The maximum Gasteiger partial charge on any atom is 0.341 e. The van der Waals surface area contributed by atoms with Gasteiger partial charge in [-0.05, 0) is 54.5 Å². The number of hydrogen-bond acceptors (Lipinski definition) is 7. The van der Waals surface area contributed by atoms with Crippen molar-refractivity contribution < 1.29 is 28.3 Å². The van der Waals surface area contributed by atoms with Crippen molar-refractivity contribution in [2.45, 2.75) is 6.92 Å². The van der Waals surface area contributed by atoms with Gasteiger partial charge < -0.3 is 13.9 Å². The number of hydrogen-bond donors (Lipinski definition) is 2. The minimum absolute atomic E-state index is 0.262. The molecule has 172 valence electrons. The Morgan fingerprint density at radius 2 is 1.68 bits per heavy atom. The molecule has 0 bridgehead atoms. The van der Waals surface area contributed by atoms with Crippen LogP contribution < -0.4 is 15.6 Å². The first-order valence-corrected chi connectivity index (χ1v) is 10.1. The van der Waals surface area contributed by atoms with Crippen molar-refractivity contribution in [1.82, 2.24) is 10.9 Å². The number of methoxy groups -OCH3 is 1. The summed E-state index contributed by atoms with van der Waals surface area (Å²) in [6, 6.07) is 17.8. The SMILES string of the molecule is COC(=O)c1cc(/C=C/C(=O)NNC(=O)COc2ccc(-c3ccc(C#N)cc3)cc2)oc1C. The number of nitrogens with zero attached hydrogens (tertiary/aromatic N) is 1. The quantitative estimate of drug-likeness (QED) is 0.315. The molecule has 3 rings (SSSR count). The molecule has 0 aliphatic heterocycles. The highest BCUT2D eigenvalue weighted by molar-refractivity contribution is 5.94. The predicted octanol–water partition coefficient (Wildman–Crippen LogP) is 3.15. The van der Waals surface area contributed by atoms with E-state index in [9.17, 15) is 14.4 Å². The summed E-state index contributed by atoms with van der Waals surface area (Å²) in [5, 5.41) is 8.87. The number of esters is 1. The van der Waals surface area contributed by atoms with Crippen LogP contribution in [0.4, 0.5) is 0 Å². The summed E-state index contributed by atoms with van der Waals surface area (Å²) in [5.41, 5.74) is 7.19. The second-order valence-corrected chi connectivity index (χ2v) is 6.98. The number of nitrogens with one attached hydrogen (secondary N) is 2. The van der Waals surface area contributed by atoms with Crippen LogP contribution in [0.5, 0.6) is 5.75 Å². The highest BCUT2D eigenvalue weighted by atomic mass is 16.5. The first-order valence-electron chi connectivity index (χ1n) is 10.1. The number of ether oxygens (including phenoxy) is 2. The van der Waals surface area contributed by atoms with Crippen molar-refractivity contribution >= 4 is 23.9 Å². The van der Waals surface area contributed by atoms with Crippen molar-refractivity contribution in [3.63, 3.8) is 0 Å². The molecule has 0 fully saturated rings. The van der Waals surface area contributed by atoms with E-state index in [4.69, 9.17) is 14.4 Å². The van der Waals surface area contributed by atoms with Crippen molar-refractivity contribution in [3.8, 4) is 22.9 Å². The van der Waals surface area contributed by atoms with E-state index < -0.39 is 17.8 Å². The summed E-state index contributed by atoms with van der Waals surface area (Å²) >= 11 is 0. The van der Waals surface area contributed by atoms with Gasteiger partial charge in [-0.25, -0.2) is 4.79 Å². The van der Waals surface area contributed by atoms with Gasteiger partial charge in [-0.15, -0.1) is 0 Å². The molecule has 0 aliphatic rings. The van der Waals surface area contributed by atoms with Gasteiger partial charge in [-0.1, -0.05) is 24.3 Å². The van der Waals surface area contributed by atoms with E-state index in [2.05, 4.69) is 21.7 Å². The lowest BCUT2D eigenvalue weighted by Crippen LogP contribution is -2.43. The Hall–Kier alpha value is -4.84. The van der Waals surface area contributed by atoms with E-state index in [0.717, 1.165) is 17.2 Å². The van der Waals surface area contributed by atoms with Crippen molar-refractivity contribution in [2.24, 2.45) is 0 Å². The minimum atomic E-state index is -0.603. The number of hydrazine groups is 1. The number of rotatable bonds is 7. The molecule has 2 amide bonds.